The zero-order valence-electron chi connectivity index (χ0n) is 10.6. The van der Waals surface area contributed by atoms with Crippen molar-refractivity contribution in [3.8, 4) is 0 Å². The van der Waals surface area contributed by atoms with Crippen LogP contribution in [0, 0.1) is 0 Å². The van der Waals surface area contributed by atoms with Crippen molar-refractivity contribution >= 4 is 16.6 Å². The molecule has 3 rings (SSSR count). The first-order chi connectivity index (χ1) is 8.85. The lowest BCUT2D eigenvalue weighted by Gasteiger charge is -2.23. The lowest BCUT2D eigenvalue weighted by Crippen LogP contribution is -2.26. The van der Waals surface area contributed by atoms with Gasteiger partial charge in [0.1, 0.15) is 5.82 Å². The van der Waals surface area contributed by atoms with E-state index in [9.17, 15) is 5.11 Å². The van der Waals surface area contributed by atoms with Crippen molar-refractivity contribution in [2.24, 2.45) is 0 Å². The van der Waals surface area contributed by atoms with E-state index < -0.39 is 0 Å². The molecule has 1 aliphatic carbocycles. The molecule has 2 aromatic rings. The quantitative estimate of drug-likeness (QED) is 0.895. The molecule has 3 nitrogen and oxygen atoms in total. The molecule has 1 aromatic carbocycles. The van der Waals surface area contributed by atoms with Crippen LogP contribution in [0.4, 0.5) is 5.82 Å². The normalized spacial score (nSPS) is 15.0. The van der Waals surface area contributed by atoms with E-state index in [2.05, 4.69) is 28.9 Å². The lowest BCUT2D eigenvalue weighted by molar-refractivity contribution is 0.283. The lowest BCUT2D eigenvalue weighted by atomic mass is 10.1. The van der Waals surface area contributed by atoms with E-state index in [1.165, 1.54) is 12.8 Å². The van der Waals surface area contributed by atoms with Crippen LogP contribution in [-0.4, -0.2) is 22.7 Å². The molecule has 1 heterocycles. The van der Waals surface area contributed by atoms with Crippen LogP contribution in [0.3, 0.4) is 0 Å². The van der Waals surface area contributed by atoms with Crippen molar-refractivity contribution in [3.05, 3.63) is 36.0 Å². The predicted molar refractivity (Wildman–Crippen MR) is 73.7 cm³/mol. The Morgan fingerprint density at radius 3 is 2.61 bits per heavy atom. The zero-order chi connectivity index (χ0) is 12.5. The smallest absolute Gasteiger partial charge is 0.136 e. The van der Waals surface area contributed by atoms with Gasteiger partial charge in [0.15, 0.2) is 0 Å². The monoisotopic (exact) mass is 242 g/mol. The molecule has 0 bridgehead atoms. The third-order valence-corrected chi connectivity index (χ3v) is 3.63. The maximum Gasteiger partial charge on any atom is 0.136 e. The molecule has 1 saturated carbocycles. The van der Waals surface area contributed by atoms with Crippen LogP contribution in [0.1, 0.15) is 25.3 Å². The third-order valence-electron chi connectivity index (χ3n) is 3.63. The molecule has 0 radical (unpaired) electrons. The van der Waals surface area contributed by atoms with E-state index in [1.54, 1.807) is 0 Å². The minimum Gasteiger partial charge on any atom is -0.392 e. The van der Waals surface area contributed by atoms with Gasteiger partial charge in [-0.05, 0) is 25.2 Å². The van der Waals surface area contributed by atoms with Crippen LogP contribution < -0.4 is 4.90 Å². The molecule has 0 atom stereocenters. The zero-order valence-corrected chi connectivity index (χ0v) is 10.6. The Balaban J connectivity index is 2.17. The minimum absolute atomic E-state index is 0.0450. The summed E-state index contributed by atoms with van der Waals surface area (Å²) in [7, 11) is 0. The van der Waals surface area contributed by atoms with Gasteiger partial charge in [0, 0.05) is 29.7 Å². The molecule has 94 valence electrons. The topological polar surface area (TPSA) is 36.4 Å². The maximum atomic E-state index is 9.39. The Kier molecular flexibility index (Phi) is 2.92. The number of aromatic nitrogens is 1. The molecular weight excluding hydrogens is 224 g/mol. The number of nitrogens with zero attached hydrogens (tertiary/aromatic N) is 2. The number of hydrogen-bond donors (Lipinski definition) is 1. The molecule has 0 saturated heterocycles. The maximum absolute atomic E-state index is 9.39. The molecule has 1 N–H and O–H groups in total. The van der Waals surface area contributed by atoms with Crippen LogP contribution in [0.15, 0.2) is 30.5 Å². The average Bonchev–Trinajstić information content (AvgIpc) is 3.24. The number of aliphatic hydroxyl groups is 1. The van der Waals surface area contributed by atoms with Gasteiger partial charge in [0.2, 0.25) is 0 Å². The number of benzene rings is 1. The molecule has 0 unspecified atom stereocenters. The summed E-state index contributed by atoms with van der Waals surface area (Å²) in [6, 6.07) is 8.87. The Bertz CT molecular complexity index is 563. The molecule has 1 aromatic heterocycles. The minimum atomic E-state index is 0.0450. The fraction of sp³-hybridized carbons (Fsp3) is 0.400. The van der Waals surface area contributed by atoms with E-state index in [1.807, 2.05) is 18.3 Å². The summed E-state index contributed by atoms with van der Waals surface area (Å²) in [6.07, 6.45) is 4.35. The number of aliphatic hydroxyl groups excluding tert-OH is 1. The fourth-order valence-corrected chi connectivity index (χ4v) is 2.56. The highest BCUT2D eigenvalue weighted by molar-refractivity contribution is 5.94. The van der Waals surface area contributed by atoms with Crippen molar-refractivity contribution in [1.29, 1.82) is 0 Å². The molecule has 0 aliphatic heterocycles. The second-order valence-corrected chi connectivity index (χ2v) is 4.83. The molecule has 3 heteroatoms. The van der Waals surface area contributed by atoms with Crippen molar-refractivity contribution in [2.75, 3.05) is 11.4 Å². The van der Waals surface area contributed by atoms with E-state index in [0.29, 0.717) is 6.04 Å². The van der Waals surface area contributed by atoms with Crippen LogP contribution in [-0.2, 0) is 6.61 Å². The largest absolute Gasteiger partial charge is 0.392 e. The Morgan fingerprint density at radius 2 is 2.00 bits per heavy atom. The van der Waals surface area contributed by atoms with E-state index in [4.69, 9.17) is 0 Å². The number of anilines is 1. The SMILES string of the molecule is CCN(c1ncc(CO)c2ccccc12)C1CC1. The molecule has 0 spiro atoms. The van der Waals surface area contributed by atoms with Crippen molar-refractivity contribution in [1.82, 2.24) is 4.98 Å². The van der Waals surface area contributed by atoms with Gasteiger partial charge in [-0.1, -0.05) is 24.3 Å². The van der Waals surface area contributed by atoms with Gasteiger partial charge in [0.25, 0.3) is 0 Å². The highest BCUT2D eigenvalue weighted by atomic mass is 16.3. The Morgan fingerprint density at radius 1 is 1.28 bits per heavy atom. The summed E-state index contributed by atoms with van der Waals surface area (Å²) in [5.41, 5.74) is 0.904. The van der Waals surface area contributed by atoms with E-state index in [-0.39, 0.29) is 6.61 Å². The first-order valence-corrected chi connectivity index (χ1v) is 6.59. The van der Waals surface area contributed by atoms with Gasteiger partial charge in [-0.3, -0.25) is 0 Å². The summed E-state index contributed by atoms with van der Waals surface area (Å²) in [5, 5.41) is 11.7. The third kappa shape index (κ3) is 1.85. The van der Waals surface area contributed by atoms with Crippen LogP contribution >= 0.6 is 0 Å². The average molecular weight is 242 g/mol. The first-order valence-electron chi connectivity index (χ1n) is 6.59. The molecular formula is C15H18N2O. The van der Waals surface area contributed by atoms with Gasteiger partial charge in [-0.2, -0.15) is 0 Å². The standard InChI is InChI=1S/C15H18N2O/c1-2-17(12-7-8-12)15-14-6-4-3-5-13(14)11(10-18)9-16-15/h3-6,9,12,18H,2,7-8,10H2,1H3. The number of hydrogen-bond acceptors (Lipinski definition) is 3. The molecule has 1 fully saturated rings. The highest BCUT2D eigenvalue weighted by Gasteiger charge is 2.29. The summed E-state index contributed by atoms with van der Waals surface area (Å²) < 4.78 is 0. The van der Waals surface area contributed by atoms with Gasteiger partial charge < -0.3 is 10.0 Å². The second-order valence-electron chi connectivity index (χ2n) is 4.83. The number of rotatable bonds is 4. The van der Waals surface area contributed by atoms with Gasteiger partial charge in [-0.25, -0.2) is 4.98 Å². The van der Waals surface area contributed by atoms with Crippen molar-refractivity contribution in [3.63, 3.8) is 0 Å². The molecule has 1 aliphatic rings. The van der Waals surface area contributed by atoms with Crippen LogP contribution in [0.25, 0.3) is 10.8 Å². The first kappa shape index (κ1) is 11.5. The summed E-state index contributed by atoms with van der Waals surface area (Å²) >= 11 is 0. The second kappa shape index (κ2) is 4.58. The number of pyridine rings is 1. The molecule has 0 amide bonds. The Labute approximate surface area is 107 Å². The summed E-state index contributed by atoms with van der Waals surface area (Å²) in [4.78, 5) is 6.95. The van der Waals surface area contributed by atoms with Gasteiger partial charge >= 0.3 is 0 Å². The van der Waals surface area contributed by atoms with Crippen LogP contribution in [0.2, 0.25) is 0 Å². The number of fused-ring (bicyclic) bond motifs is 1. The van der Waals surface area contributed by atoms with E-state index in [0.717, 1.165) is 28.7 Å². The highest BCUT2D eigenvalue weighted by Crippen LogP contribution is 2.34. The Hall–Kier alpha value is -1.61. The van der Waals surface area contributed by atoms with Crippen molar-refractivity contribution in [2.45, 2.75) is 32.4 Å². The van der Waals surface area contributed by atoms with Gasteiger partial charge in [-0.15, -0.1) is 0 Å². The van der Waals surface area contributed by atoms with Gasteiger partial charge in [0.05, 0.1) is 6.61 Å². The van der Waals surface area contributed by atoms with E-state index >= 15 is 0 Å². The fourth-order valence-electron chi connectivity index (χ4n) is 2.56. The predicted octanol–water partition coefficient (Wildman–Crippen LogP) is 2.72. The van der Waals surface area contributed by atoms with Crippen molar-refractivity contribution < 1.29 is 5.11 Å². The summed E-state index contributed by atoms with van der Waals surface area (Å²) in [6.45, 7) is 3.21. The summed E-state index contributed by atoms with van der Waals surface area (Å²) in [5.74, 6) is 1.06. The molecule has 18 heavy (non-hydrogen) atoms. The van der Waals surface area contributed by atoms with Crippen LogP contribution in [0.5, 0.6) is 0 Å².